The van der Waals surface area contributed by atoms with Crippen molar-refractivity contribution >= 4 is 5.97 Å². The van der Waals surface area contributed by atoms with Crippen molar-refractivity contribution < 1.29 is 13.9 Å². The van der Waals surface area contributed by atoms with E-state index in [1.54, 1.807) is 13.0 Å². The SMILES string of the molecule is CCOC(=O)c1cc(C(C)(C)C)c(C)o1. The molecule has 1 aromatic heterocycles. The Labute approximate surface area is 90.4 Å². The predicted molar refractivity (Wildman–Crippen MR) is 58.1 cm³/mol. The summed E-state index contributed by atoms with van der Waals surface area (Å²) in [7, 11) is 0. The third-order valence-corrected chi connectivity index (χ3v) is 2.20. The van der Waals surface area contributed by atoms with E-state index in [4.69, 9.17) is 9.15 Å². The molecular weight excluding hydrogens is 192 g/mol. The third-order valence-electron chi connectivity index (χ3n) is 2.20. The molecule has 0 saturated heterocycles. The molecule has 0 atom stereocenters. The number of aryl methyl sites for hydroxylation is 1. The quantitative estimate of drug-likeness (QED) is 0.704. The van der Waals surface area contributed by atoms with Crippen LogP contribution in [0.1, 0.15) is 49.6 Å². The zero-order chi connectivity index (χ0) is 11.6. The summed E-state index contributed by atoms with van der Waals surface area (Å²) in [6.45, 7) is 10.3. The number of ether oxygens (including phenoxy) is 1. The van der Waals surface area contributed by atoms with E-state index in [1.165, 1.54) is 0 Å². The smallest absolute Gasteiger partial charge is 0.374 e. The van der Waals surface area contributed by atoms with Crippen LogP contribution >= 0.6 is 0 Å². The topological polar surface area (TPSA) is 39.4 Å². The van der Waals surface area contributed by atoms with Gasteiger partial charge < -0.3 is 9.15 Å². The molecule has 0 amide bonds. The molecule has 84 valence electrons. The van der Waals surface area contributed by atoms with Crippen molar-refractivity contribution in [3.63, 3.8) is 0 Å². The standard InChI is InChI=1S/C12H18O3/c1-6-14-11(13)10-7-9(8(2)15-10)12(3,4)5/h7H,6H2,1-5H3. The highest BCUT2D eigenvalue weighted by Crippen LogP contribution is 2.28. The lowest BCUT2D eigenvalue weighted by Crippen LogP contribution is -2.11. The molecule has 0 aliphatic rings. The van der Waals surface area contributed by atoms with Crippen LogP contribution in [-0.4, -0.2) is 12.6 Å². The minimum atomic E-state index is -0.392. The summed E-state index contributed by atoms with van der Waals surface area (Å²) in [5.74, 6) is 0.681. The van der Waals surface area contributed by atoms with Crippen molar-refractivity contribution in [3.8, 4) is 0 Å². The van der Waals surface area contributed by atoms with Crippen LogP contribution in [0.2, 0.25) is 0 Å². The molecule has 0 unspecified atom stereocenters. The Kier molecular flexibility index (Phi) is 3.22. The molecule has 0 bridgehead atoms. The predicted octanol–water partition coefficient (Wildman–Crippen LogP) is 3.06. The molecule has 0 aliphatic carbocycles. The van der Waals surface area contributed by atoms with Crippen LogP contribution < -0.4 is 0 Å². The van der Waals surface area contributed by atoms with Gasteiger partial charge in [0.2, 0.25) is 5.76 Å². The zero-order valence-electron chi connectivity index (χ0n) is 10.0. The monoisotopic (exact) mass is 210 g/mol. The second kappa shape index (κ2) is 4.09. The van der Waals surface area contributed by atoms with Crippen LogP contribution in [0, 0.1) is 6.92 Å². The van der Waals surface area contributed by atoms with E-state index in [-0.39, 0.29) is 5.41 Å². The fraction of sp³-hybridized carbons (Fsp3) is 0.583. The van der Waals surface area contributed by atoms with E-state index >= 15 is 0 Å². The van der Waals surface area contributed by atoms with Crippen LogP contribution in [0.5, 0.6) is 0 Å². The van der Waals surface area contributed by atoms with Crippen molar-refractivity contribution in [2.75, 3.05) is 6.61 Å². The molecule has 3 heteroatoms. The molecule has 1 aromatic rings. The Morgan fingerprint density at radius 2 is 2.07 bits per heavy atom. The van der Waals surface area contributed by atoms with E-state index in [1.807, 2.05) is 6.92 Å². The number of hydrogen-bond acceptors (Lipinski definition) is 3. The Bertz CT molecular complexity index is 355. The molecular formula is C12H18O3. The van der Waals surface area contributed by atoms with E-state index in [0.29, 0.717) is 12.4 Å². The Hall–Kier alpha value is -1.25. The summed E-state index contributed by atoms with van der Waals surface area (Å²) in [6.07, 6.45) is 0. The van der Waals surface area contributed by atoms with Gasteiger partial charge >= 0.3 is 5.97 Å². The maximum Gasteiger partial charge on any atom is 0.374 e. The van der Waals surface area contributed by atoms with Gasteiger partial charge in [-0.15, -0.1) is 0 Å². The summed E-state index contributed by atoms with van der Waals surface area (Å²) in [4.78, 5) is 11.4. The highest BCUT2D eigenvalue weighted by Gasteiger charge is 2.23. The molecule has 0 spiro atoms. The fourth-order valence-electron chi connectivity index (χ4n) is 1.53. The Morgan fingerprint density at radius 1 is 1.47 bits per heavy atom. The minimum Gasteiger partial charge on any atom is -0.460 e. The van der Waals surface area contributed by atoms with Crippen LogP contribution in [0.3, 0.4) is 0 Å². The van der Waals surface area contributed by atoms with Crippen molar-refractivity contribution in [1.82, 2.24) is 0 Å². The first-order chi connectivity index (χ1) is 6.86. The first-order valence-corrected chi connectivity index (χ1v) is 5.14. The van der Waals surface area contributed by atoms with Gasteiger partial charge in [-0.25, -0.2) is 4.79 Å². The van der Waals surface area contributed by atoms with Crippen molar-refractivity contribution in [3.05, 3.63) is 23.2 Å². The van der Waals surface area contributed by atoms with Gasteiger partial charge in [-0.1, -0.05) is 20.8 Å². The molecule has 0 fully saturated rings. The molecule has 3 nitrogen and oxygen atoms in total. The molecule has 0 saturated carbocycles. The van der Waals surface area contributed by atoms with Gasteiger partial charge in [0.1, 0.15) is 5.76 Å². The first kappa shape index (κ1) is 11.8. The summed E-state index contributed by atoms with van der Waals surface area (Å²) < 4.78 is 10.3. The number of carbonyl (C=O) groups excluding carboxylic acids is 1. The van der Waals surface area contributed by atoms with Crippen molar-refractivity contribution in [2.45, 2.75) is 40.0 Å². The fourth-order valence-corrected chi connectivity index (χ4v) is 1.53. The summed E-state index contributed by atoms with van der Waals surface area (Å²) in [6, 6.07) is 1.77. The summed E-state index contributed by atoms with van der Waals surface area (Å²) in [5.41, 5.74) is 1.03. The summed E-state index contributed by atoms with van der Waals surface area (Å²) in [5, 5.41) is 0. The van der Waals surface area contributed by atoms with E-state index in [0.717, 1.165) is 11.3 Å². The van der Waals surface area contributed by atoms with Gasteiger partial charge in [0.15, 0.2) is 0 Å². The lowest BCUT2D eigenvalue weighted by atomic mass is 9.87. The highest BCUT2D eigenvalue weighted by molar-refractivity contribution is 5.86. The van der Waals surface area contributed by atoms with Gasteiger partial charge in [-0.2, -0.15) is 0 Å². The molecule has 0 aromatic carbocycles. The van der Waals surface area contributed by atoms with Gasteiger partial charge in [0.25, 0.3) is 0 Å². The normalized spacial score (nSPS) is 11.5. The van der Waals surface area contributed by atoms with Crippen LogP contribution in [-0.2, 0) is 10.2 Å². The zero-order valence-corrected chi connectivity index (χ0v) is 10.0. The van der Waals surface area contributed by atoms with Gasteiger partial charge in [0, 0.05) is 0 Å². The van der Waals surface area contributed by atoms with Gasteiger partial charge in [-0.05, 0) is 30.9 Å². The van der Waals surface area contributed by atoms with Crippen LogP contribution in [0.25, 0.3) is 0 Å². The van der Waals surface area contributed by atoms with E-state index < -0.39 is 5.97 Å². The van der Waals surface area contributed by atoms with Crippen molar-refractivity contribution in [1.29, 1.82) is 0 Å². The highest BCUT2D eigenvalue weighted by atomic mass is 16.5. The average molecular weight is 210 g/mol. The van der Waals surface area contributed by atoms with Crippen LogP contribution in [0.4, 0.5) is 0 Å². The number of hydrogen-bond donors (Lipinski definition) is 0. The minimum absolute atomic E-state index is 0.0155. The molecule has 15 heavy (non-hydrogen) atoms. The summed E-state index contributed by atoms with van der Waals surface area (Å²) >= 11 is 0. The molecule has 1 rings (SSSR count). The third kappa shape index (κ3) is 2.61. The van der Waals surface area contributed by atoms with E-state index in [9.17, 15) is 4.79 Å². The first-order valence-electron chi connectivity index (χ1n) is 5.14. The lowest BCUT2D eigenvalue weighted by Gasteiger charge is -2.16. The van der Waals surface area contributed by atoms with Crippen LogP contribution in [0.15, 0.2) is 10.5 Å². The number of carbonyl (C=O) groups is 1. The maximum atomic E-state index is 11.4. The maximum absolute atomic E-state index is 11.4. The number of rotatable bonds is 2. The molecule has 1 heterocycles. The lowest BCUT2D eigenvalue weighted by molar-refractivity contribution is 0.0488. The van der Waals surface area contributed by atoms with Gasteiger partial charge in [0.05, 0.1) is 6.61 Å². The Morgan fingerprint density at radius 3 is 2.47 bits per heavy atom. The second-order valence-electron chi connectivity index (χ2n) is 4.55. The van der Waals surface area contributed by atoms with Crippen molar-refractivity contribution in [2.24, 2.45) is 0 Å². The molecule has 0 aliphatic heterocycles. The Balaban J connectivity index is 3.01. The van der Waals surface area contributed by atoms with Gasteiger partial charge in [-0.3, -0.25) is 0 Å². The van der Waals surface area contributed by atoms with E-state index in [2.05, 4.69) is 20.8 Å². The average Bonchev–Trinajstić information content (AvgIpc) is 2.47. The molecule has 0 N–H and O–H groups in total. The number of furan rings is 1. The number of esters is 1. The molecule has 0 radical (unpaired) electrons. The largest absolute Gasteiger partial charge is 0.460 e. The second-order valence-corrected chi connectivity index (χ2v) is 4.55.